The molecule has 0 bridgehead atoms. The van der Waals surface area contributed by atoms with E-state index >= 15 is 0 Å². The van der Waals surface area contributed by atoms with Crippen LogP contribution in [0.1, 0.15) is 16.8 Å². The van der Waals surface area contributed by atoms with Gasteiger partial charge in [-0.2, -0.15) is 5.26 Å². The van der Waals surface area contributed by atoms with Gasteiger partial charge in [0.2, 0.25) is 0 Å². The molecule has 106 valence electrons. The Morgan fingerprint density at radius 3 is 2.71 bits per heavy atom. The van der Waals surface area contributed by atoms with Crippen molar-refractivity contribution in [3.05, 3.63) is 50.4 Å². The molecule has 2 rings (SSSR count). The molecule has 0 fully saturated rings. The molecule has 0 atom stereocenters. The summed E-state index contributed by atoms with van der Waals surface area (Å²) >= 11 is 5.83. The van der Waals surface area contributed by atoms with Crippen LogP contribution >= 0.6 is 11.6 Å². The van der Waals surface area contributed by atoms with Gasteiger partial charge in [-0.15, -0.1) is 10.2 Å². The minimum absolute atomic E-state index is 0.00938. The van der Waals surface area contributed by atoms with Crippen molar-refractivity contribution < 1.29 is 5.11 Å². The first kappa shape index (κ1) is 14.8. The summed E-state index contributed by atoms with van der Waals surface area (Å²) in [5.41, 5.74) is 1.03. The number of hydrogen-bond donors (Lipinski definition) is 2. The van der Waals surface area contributed by atoms with E-state index in [2.05, 4.69) is 15.2 Å². The van der Waals surface area contributed by atoms with Gasteiger partial charge in [0.15, 0.2) is 0 Å². The maximum absolute atomic E-state index is 11.6. The molecule has 1 aromatic heterocycles. The van der Waals surface area contributed by atoms with Gasteiger partial charge in [-0.25, -0.2) is 0 Å². The van der Waals surface area contributed by atoms with E-state index < -0.39 is 5.56 Å². The quantitative estimate of drug-likeness (QED) is 0.828. The minimum Gasteiger partial charge on any atom is -0.506 e. The summed E-state index contributed by atoms with van der Waals surface area (Å²) in [4.78, 5) is 14.2. The first-order valence-corrected chi connectivity index (χ1v) is 6.35. The normalized spacial score (nSPS) is 10.8. The molecule has 0 spiro atoms. The standard InChI is InChI=1S/C14H11ClN4O2/c1-7-10(6-16)14(21)17-8(2)13(7)19-18-11-5-9(15)3-4-12(11)20/h3-5,20H,1-2H3,(H,17,21). The van der Waals surface area contributed by atoms with Crippen LogP contribution in [-0.4, -0.2) is 10.1 Å². The number of aryl methyl sites for hydroxylation is 1. The van der Waals surface area contributed by atoms with Gasteiger partial charge in [0, 0.05) is 16.3 Å². The smallest absolute Gasteiger partial charge is 0.266 e. The van der Waals surface area contributed by atoms with Crippen LogP contribution in [-0.2, 0) is 0 Å². The van der Waals surface area contributed by atoms with Crippen LogP contribution < -0.4 is 5.56 Å². The highest BCUT2D eigenvalue weighted by molar-refractivity contribution is 6.30. The first-order valence-electron chi connectivity index (χ1n) is 5.98. The molecule has 0 unspecified atom stereocenters. The van der Waals surface area contributed by atoms with Crippen LogP contribution in [0.25, 0.3) is 0 Å². The van der Waals surface area contributed by atoms with Crippen LogP contribution in [0.5, 0.6) is 5.75 Å². The van der Waals surface area contributed by atoms with Crippen LogP contribution in [0, 0.1) is 25.2 Å². The lowest BCUT2D eigenvalue weighted by atomic mass is 10.1. The highest BCUT2D eigenvalue weighted by atomic mass is 35.5. The van der Waals surface area contributed by atoms with Crippen molar-refractivity contribution in [1.29, 1.82) is 5.26 Å². The number of H-pyrrole nitrogens is 1. The molecular weight excluding hydrogens is 292 g/mol. The van der Waals surface area contributed by atoms with Gasteiger partial charge in [0.25, 0.3) is 5.56 Å². The van der Waals surface area contributed by atoms with Crippen molar-refractivity contribution in [2.75, 3.05) is 0 Å². The number of nitrogens with zero attached hydrogens (tertiary/aromatic N) is 3. The number of nitrogens with one attached hydrogen (secondary N) is 1. The number of nitriles is 1. The zero-order chi connectivity index (χ0) is 15.6. The fraction of sp³-hybridized carbons (Fsp3) is 0.143. The molecule has 0 aliphatic rings. The van der Waals surface area contributed by atoms with Gasteiger partial charge in [-0.1, -0.05) is 11.6 Å². The fourth-order valence-electron chi connectivity index (χ4n) is 1.83. The Bertz CT molecular complexity index is 834. The molecule has 7 heteroatoms. The predicted octanol–water partition coefficient (Wildman–Crippen LogP) is 3.64. The Labute approximate surface area is 125 Å². The maximum Gasteiger partial charge on any atom is 0.266 e. The second kappa shape index (κ2) is 5.77. The lowest BCUT2D eigenvalue weighted by molar-refractivity contribution is 0.476. The zero-order valence-corrected chi connectivity index (χ0v) is 12.1. The molecule has 21 heavy (non-hydrogen) atoms. The molecule has 1 aromatic carbocycles. The number of azo groups is 1. The number of rotatable bonds is 2. The Hall–Kier alpha value is -2.65. The monoisotopic (exact) mass is 302 g/mol. The van der Waals surface area contributed by atoms with Gasteiger partial charge in [0.05, 0.1) is 0 Å². The molecular formula is C14H11ClN4O2. The average molecular weight is 303 g/mol. The summed E-state index contributed by atoms with van der Waals surface area (Å²) in [6.45, 7) is 3.27. The maximum atomic E-state index is 11.6. The minimum atomic E-state index is -0.461. The van der Waals surface area contributed by atoms with Gasteiger partial charge in [-0.05, 0) is 32.0 Å². The number of hydrogen-bond acceptors (Lipinski definition) is 5. The number of aromatic nitrogens is 1. The molecule has 6 nitrogen and oxygen atoms in total. The second-order valence-electron chi connectivity index (χ2n) is 4.37. The van der Waals surface area contributed by atoms with Crippen LogP contribution in [0.4, 0.5) is 11.4 Å². The summed E-state index contributed by atoms with van der Waals surface area (Å²) in [6, 6.07) is 6.23. The lowest BCUT2D eigenvalue weighted by Crippen LogP contribution is -2.13. The number of phenols is 1. The van der Waals surface area contributed by atoms with Gasteiger partial charge < -0.3 is 10.1 Å². The third-order valence-corrected chi connectivity index (χ3v) is 3.16. The Kier molecular flexibility index (Phi) is 4.05. The van der Waals surface area contributed by atoms with E-state index in [1.807, 2.05) is 6.07 Å². The van der Waals surface area contributed by atoms with E-state index in [1.54, 1.807) is 13.8 Å². The number of benzene rings is 1. The summed E-state index contributed by atoms with van der Waals surface area (Å²) in [6.07, 6.45) is 0. The van der Waals surface area contributed by atoms with Gasteiger partial charge >= 0.3 is 0 Å². The summed E-state index contributed by atoms with van der Waals surface area (Å²) in [5.74, 6) is -0.0663. The van der Waals surface area contributed by atoms with Crippen molar-refractivity contribution in [1.82, 2.24) is 4.98 Å². The third kappa shape index (κ3) is 2.93. The molecule has 0 radical (unpaired) electrons. The lowest BCUT2D eigenvalue weighted by Gasteiger charge is -2.05. The van der Waals surface area contributed by atoms with Crippen molar-refractivity contribution >= 4 is 23.0 Å². The van der Waals surface area contributed by atoms with Crippen molar-refractivity contribution in [2.45, 2.75) is 13.8 Å². The van der Waals surface area contributed by atoms with E-state index in [0.717, 1.165) is 0 Å². The number of aromatic amines is 1. The SMILES string of the molecule is Cc1[nH]c(=O)c(C#N)c(C)c1N=Nc1cc(Cl)ccc1O. The van der Waals surface area contributed by atoms with E-state index in [4.69, 9.17) is 16.9 Å². The first-order chi connectivity index (χ1) is 9.93. The summed E-state index contributed by atoms with van der Waals surface area (Å²) in [5, 5.41) is 27.0. The Morgan fingerprint density at radius 2 is 2.05 bits per heavy atom. The van der Waals surface area contributed by atoms with Gasteiger partial charge in [0.1, 0.15) is 28.8 Å². The van der Waals surface area contributed by atoms with Crippen molar-refractivity contribution in [3.63, 3.8) is 0 Å². The van der Waals surface area contributed by atoms with Crippen molar-refractivity contribution in [3.8, 4) is 11.8 Å². The highest BCUT2D eigenvalue weighted by Crippen LogP contribution is 2.32. The van der Waals surface area contributed by atoms with E-state index in [0.29, 0.717) is 22.0 Å². The molecule has 0 aliphatic carbocycles. The number of aromatic hydroxyl groups is 1. The number of pyridine rings is 1. The largest absolute Gasteiger partial charge is 0.506 e. The van der Waals surface area contributed by atoms with E-state index in [-0.39, 0.29) is 17.0 Å². The molecule has 0 saturated heterocycles. The number of phenolic OH excluding ortho intramolecular Hbond substituents is 1. The fourth-order valence-corrected chi connectivity index (χ4v) is 1.99. The second-order valence-corrected chi connectivity index (χ2v) is 4.81. The van der Waals surface area contributed by atoms with E-state index in [1.165, 1.54) is 18.2 Å². The Morgan fingerprint density at radius 1 is 1.33 bits per heavy atom. The molecule has 0 saturated carbocycles. The van der Waals surface area contributed by atoms with E-state index in [9.17, 15) is 9.90 Å². The van der Waals surface area contributed by atoms with Gasteiger partial charge in [-0.3, -0.25) is 4.79 Å². The van der Waals surface area contributed by atoms with Crippen LogP contribution in [0.3, 0.4) is 0 Å². The average Bonchev–Trinajstić information content (AvgIpc) is 2.42. The predicted molar refractivity (Wildman–Crippen MR) is 78.5 cm³/mol. The molecule has 0 aliphatic heterocycles. The molecule has 1 heterocycles. The zero-order valence-electron chi connectivity index (χ0n) is 11.3. The summed E-state index contributed by atoms with van der Waals surface area (Å²) in [7, 11) is 0. The Balaban J connectivity index is 2.54. The van der Waals surface area contributed by atoms with Crippen LogP contribution in [0.2, 0.25) is 5.02 Å². The topological polar surface area (TPSA) is 102 Å². The molecule has 2 N–H and O–H groups in total. The number of halogens is 1. The molecule has 2 aromatic rings. The summed E-state index contributed by atoms with van der Waals surface area (Å²) < 4.78 is 0. The highest BCUT2D eigenvalue weighted by Gasteiger charge is 2.12. The third-order valence-electron chi connectivity index (χ3n) is 2.92. The molecule has 0 amide bonds. The van der Waals surface area contributed by atoms with Crippen molar-refractivity contribution in [2.24, 2.45) is 10.2 Å². The van der Waals surface area contributed by atoms with Crippen LogP contribution in [0.15, 0.2) is 33.2 Å².